The second kappa shape index (κ2) is 5.97. The van der Waals surface area contributed by atoms with E-state index < -0.39 is 13.0 Å². The van der Waals surface area contributed by atoms with Crippen LogP contribution in [0.25, 0.3) is 0 Å². The minimum Gasteiger partial charge on any atom is -0.370 e. The number of nitrogens with zero attached hydrogens (tertiary/aromatic N) is 1. The van der Waals surface area contributed by atoms with Crippen molar-refractivity contribution in [2.45, 2.75) is 13.3 Å². The van der Waals surface area contributed by atoms with Gasteiger partial charge in [0.15, 0.2) is 0 Å². The van der Waals surface area contributed by atoms with Gasteiger partial charge >= 0.3 is 0 Å². The van der Waals surface area contributed by atoms with Crippen LogP contribution in [0, 0.1) is 0 Å². The highest BCUT2D eigenvalue weighted by molar-refractivity contribution is 5.83. The Morgan fingerprint density at radius 2 is 2.36 bits per heavy atom. The molecule has 11 heavy (non-hydrogen) atoms. The number of hydrogen-bond donors (Lipinski definition) is 0. The lowest BCUT2D eigenvalue weighted by Gasteiger charge is -2.01. The molecule has 0 heterocycles. The first kappa shape index (κ1) is 10.2. The summed E-state index contributed by atoms with van der Waals surface area (Å²) in [6.45, 7) is 4.64. The van der Waals surface area contributed by atoms with E-state index in [0.717, 1.165) is 0 Å². The van der Waals surface area contributed by atoms with Crippen LogP contribution in [-0.2, 0) is 4.74 Å². The summed E-state index contributed by atoms with van der Waals surface area (Å²) in [5, 5.41) is 0. The molecular weight excluding hydrogens is 152 g/mol. The largest absolute Gasteiger partial charge is 0.370 e. The molecule has 0 aliphatic heterocycles. The Balaban J connectivity index is 3.38. The number of alkyl halides is 2. The number of rotatable bonds is 5. The lowest BCUT2D eigenvalue weighted by molar-refractivity contribution is 0.0323. The molecule has 64 valence electrons. The summed E-state index contributed by atoms with van der Waals surface area (Å²) in [6, 6.07) is 0. The van der Waals surface area contributed by atoms with E-state index >= 15 is 0 Å². The minimum atomic E-state index is -2.41. The van der Waals surface area contributed by atoms with Crippen LogP contribution in [0.5, 0.6) is 0 Å². The first-order valence-electron chi connectivity index (χ1n) is 3.17. The number of ether oxygens (including phenoxy) is 1. The van der Waals surface area contributed by atoms with Crippen molar-refractivity contribution in [3.05, 3.63) is 12.8 Å². The number of hydrogen-bond acceptors (Lipinski definition) is 2. The second-order valence-corrected chi connectivity index (χ2v) is 1.95. The molecule has 0 saturated heterocycles. The zero-order valence-corrected chi connectivity index (χ0v) is 6.39. The molecule has 0 aromatic carbocycles. The molecule has 0 unspecified atom stereocenters. The van der Waals surface area contributed by atoms with Gasteiger partial charge in [-0.05, 0) is 6.92 Å². The Labute approximate surface area is 64.6 Å². The third kappa shape index (κ3) is 7.12. The van der Waals surface area contributed by atoms with E-state index in [1.54, 1.807) is 6.92 Å². The summed E-state index contributed by atoms with van der Waals surface area (Å²) >= 11 is 0. The Kier molecular flexibility index (Phi) is 5.56. The van der Waals surface area contributed by atoms with Gasteiger partial charge in [-0.3, -0.25) is 4.99 Å². The third-order valence-electron chi connectivity index (χ3n) is 0.866. The second-order valence-electron chi connectivity index (χ2n) is 1.95. The number of halogens is 2. The zero-order valence-electron chi connectivity index (χ0n) is 6.39. The molecule has 0 rings (SSSR count). The molecule has 0 aromatic rings. The van der Waals surface area contributed by atoms with E-state index in [0.29, 0.717) is 5.71 Å². The predicted molar refractivity (Wildman–Crippen MR) is 40.1 cm³/mol. The van der Waals surface area contributed by atoms with Crippen molar-refractivity contribution < 1.29 is 13.5 Å². The average Bonchev–Trinajstić information content (AvgIpc) is 1.87. The van der Waals surface area contributed by atoms with Crippen LogP contribution < -0.4 is 0 Å². The van der Waals surface area contributed by atoms with Gasteiger partial charge in [0.05, 0.1) is 6.61 Å². The molecule has 0 radical (unpaired) electrons. The summed E-state index contributed by atoms with van der Waals surface area (Å²) in [5.74, 6) is 0. The van der Waals surface area contributed by atoms with Crippen molar-refractivity contribution in [1.82, 2.24) is 0 Å². The summed E-state index contributed by atoms with van der Waals surface area (Å²) in [4.78, 5) is 3.73. The highest BCUT2D eigenvalue weighted by Crippen LogP contribution is 1.92. The van der Waals surface area contributed by atoms with Gasteiger partial charge in [0.25, 0.3) is 6.43 Å². The number of aliphatic imine (C=N–C) groups is 1. The molecule has 0 amide bonds. The Bertz CT molecular complexity index is 145. The SMILES string of the molecule is C=CN=C(C)COCC(F)F. The van der Waals surface area contributed by atoms with Gasteiger partial charge in [-0.15, -0.1) is 0 Å². The molecule has 0 saturated carbocycles. The molecule has 0 atom stereocenters. The first-order valence-corrected chi connectivity index (χ1v) is 3.17. The van der Waals surface area contributed by atoms with Gasteiger partial charge < -0.3 is 4.74 Å². The van der Waals surface area contributed by atoms with Crippen molar-refractivity contribution in [3.63, 3.8) is 0 Å². The Morgan fingerprint density at radius 3 is 2.82 bits per heavy atom. The predicted octanol–water partition coefficient (Wildman–Crippen LogP) is 1.87. The summed E-state index contributed by atoms with van der Waals surface area (Å²) < 4.78 is 27.6. The standard InChI is InChI=1S/C7H11F2NO/c1-3-10-6(2)4-11-5-7(8)9/h3,7H,1,4-5H2,2H3. The maximum atomic E-state index is 11.5. The maximum absolute atomic E-state index is 11.5. The van der Waals surface area contributed by atoms with Crippen LogP contribution >= 0.6 is 0 Å². The van der Waals surface area contributed by atoms with Gasteiger partial charge in [0.2, 0.25) is 0 Å². The van der Waals surface area contributed by atoms with Gasteiger partial charge in [-0.25, -0.2) is 8.78 Å². The summed E-state index contributed by atoms with van der Waals surface area (Å²) in [5.41, 5.74) is 0.639. The zero-order chi connectivity index (χ0) is 8.69. The van der Waals surface area contributed by atoms with Crippen molar-refractivity contribution in [3.8, 4) is 0 Å². The topological polar surface area (TPSA) is 21.6 Å². The smallest absolute Gasteiger partial charge is 0.261 e. The van der Waals surface area contributed by atoms with Crippen LogP contribution in [0.3, 0.4) is 0 Å². The molecule has 0 bridgehead atoms. The van der Waals surface area contributed by atoms with E-state index in [1.807, 2.05) is 0 Å². The van der Waals surface area contributed by atoms with Crippen LogP contribution in [0.15, 0.2) is 17.8 Å². The highest BCUT2D eigenvalue weighted by Gasteiger charge is 2.01. The van der Waals surface area contributed by atoms with E-state index in [-0.39, 0.29) is 6.61 Å². The molecule has 0 N–H and O–H groups in total. The highest BCUT2D eigenvalue weighted by atomic mass is 19.3. The van der Waals surface area contributed by atoms with Gasteiger partial charge in [-0.2, -0.15) is 0 Å². The van der Waals surface area contributed by atoms with Crippen LogP contribution in [0.4, 0.5) is 8.78 Å². The van der Waals surface area contributed by atoms with Crippen molar-refractivity contribution in [1.29, 1.82) is 0 Å². The van der Waals surface area contributed by atoms with Gasteiger partial charge in [0.1, 0.15) is 6.61 Å². The van der Waals surface area contributed by atoms with Crippen LogP contribution in [0.1, 0.15) is 6.92 Å². The van der Waals surface area contributed by atoms with Crippen LogP contribution in [-0.4, -0.2) is 25.4 Å². The summed E-state index contributed by atoms with van der Waals surface area (Å²) in [6.07, 6.45) is -1.06. The minimum absolute atomic E-state index is 0.135. The third-order valence-corrected chi connectivity index (χ3v) is 0.866. The molecule has 0 aromatic heterocycles. The van der Waals surface area contributed by atoms with Crippen molar-refractivity contribution >= 4 is 5.71 Å². The normalized spacial score (nSPS) is 12.2. The quantitative estimate of drug-likeness (QED) is 0.567. The van der Waals surface area contributed by atoms with E-state index in [1.165, 1.54) is 6.20 Å². The maximum Gasteiger partial charge on any atom is 0.261 e. The average molecular weight is 163 g/mol. The Morgan fingerprint density at radius 1 is 1.73 bits per heavy atom. The van der Waals surface area contributed by atoms with Crippen molar-refractivity contribution in [2.75, 3.05) is 13.2 Å². The lowest BCUT2D eigenvalue weighted by Crippen LogP contribution is -2.10. The van der Waals surface area contributed by atoms with E-state index in [4.69, 9.17) is 0 Å². The fraction of sp³-hybridized carbons (Fsp3) is 0.571. The summed E-state index contributed by atoms with van der Waals surface area (Å²) in [7, 11) is 0. The molecular formula is C7H11F2NO. The fourth-order valence-electron chi connectivity index (χ4n) is 0.489. The Hall–Kier alpha value is -0.770. The van der Waals surface area contributed by atoms with E-state index in [2.05, 4.69) is 16.3 Å². The fourth-order valence-corrected chi connectivity index (χ4v) is 0.489. The van der Waals surface area contributed by atoms with Gasteiger partial charge in [-0.1, -0.05) is 6.58 Å². The van der Waals surface area contributed by atoms with E-state index in [9.17, 15) is 8.78 Å². The lowest BCUT2D eigenvalue weighted by atomic mass is 10.4. The molecule has 4 heteroatoms. The molecule has 0 aliphatic rings. The van der Waals surface area contributed by atoms with Gasteiger partial charge in [0, 0.05) is 11.9 Å². The molecule has 0 aliphatic carbocycles. The monoisotopic (exact) mass is 163 g/mol. The molecule has 0 fully saturated rings. The van der Waals surface area contributed by atoms with Crippen LogP contribution in [0.2, 0.25) is 0 Å². The molecule has 0 spiro atoms. The first-order chi connectivity index (χ1) is 5.16. The van der Waals surface area contributed by atoms with Crippen molar-refractivity contribution in [2.24, 2.45) is 4.99 Å². The molecule has 2 nitrogen and oxygen atoms in total.